The molecule has 2 fully saturated rings. The van der Waals surface area contributed by atoms with E-state index in [0.29, 0.717) is 24.2 Å². The number of likely N-dealkylation sites (tertiary alicyclic amines) is 1. The largest absolute Gasteiger partial charge is 0.379 e. The molecule has 0 saturated carbocycles. The number of hydrogen-bond donors (Lipinski definition) is 2. The molecule has 2 N–H and O–H groups in total. The molecule has 0 bridgehead atoms. The lowest BCUT2D eigenvalue weighted by Gasteiger charge is -2.28. The molecule has 1 aromatic heterocycles. The Morgan fingerprint density at radius 3 is 2.79 bits per heavy atom. The molecule has 4 rings (SSSR count). The van der Waals surface area contributed by atoms with Gasteiger partial charge in [0.2, 0.25) is 11.8 Å². The lowest BCUT2D eigenvalue weighted by Crippen LogP contribution is -2.42. The molecule has 0 radical (unpaired) electrons. The van der Waals surface area contributed by atoms with Crippen LogP contribution in [0, 0.1) is 5.92 Å². The summed E-state index contributed by atoms with van der Waals surface area (Å²) in [6, 6.07) is 8.80. The molecule has 2 aromatic rings. The van der Waals surface area contributed by atoms with Crippen LogP contribution in [-0.2, 0) is 20.9 Å². The van der Waals surface area contributed by atoms with Crippen LogP contribution in [0.15, 0.2) is 35.1 Å². The van der Waals surface area contributed by atoms with Gasteiger partial charge in [-0.2, -0.15) is 0 Å². The van der Waals surface area contributed by atoms with E-state index in [1.165, 1.54) is 6.07 Å². The third-order valence-electron chi connectivity index (χ3n) is 5.62. The van der Waals surface area contributed by atoms with Crippen molar-refractivity contribution in [2.45, 2.75) is 13.0 Å². The van der Waals surface area contributed by atoms with Crippen molar-refractivity contribution >= 4 is 22.7 Å². The average Bonchev–Trinajstić information content (AvgIpc) is 3.12. The van der Waals surface area contributed by atoms with Gasteiger partial charge in [0.1, 0.15) is 0 Å². The lowest BCUT2D eigenvalue weighted by atomic mass is 10.1. The van der Waals surface area contributed by atoms with Crippen molar-refractivity contribution in [1.82, 2.24) is 20.1 Å². The van der Waals surface area contributed by atoms with Crippen molar-refractivity contribution in [2.24, 2.45) is 5.92 Å². The SMILES string of the molecule is O=C(NCc1cc(=O)c2ccccc2[nH]1)C1CC(=O)N(CCN2CCOCC2)C1. The predicted octanol–water partition coefficient (Wildman–Crippen LogP) is 0.325. The molecule has 2 aliphatic heterocycles. The second-order valence-electron chi connectivity index (χ2n) is 7.62. The zero-order valence-corrected chi connectivity index (χ0v) is 16.4. The Morgan fingerprint density at radius 1 is 1.17 bits per heavy atom. The minimum atomic E-state index is -0.348. The van der Waals surface area contributed by atoms with Gasteiger partial charge in [-0.1, -0.05) is 12.1 Å². The number of para-hydroxylation sites is 1. The van der Waals surface area contributed by atoms with Gasteiger partial charge in [0.15, 0.2) is 5.43 Å². The van der Waals surface area contributed by atoms with Crippen LogP contribution in [0.2, 0.25) is 0 Å². The Kier molecular flexibility index (Phi) is 5.92. The summed E-state index contributed by atoms with van der Waals surface area (Å²) in [6.45, 7) is 5.36. The molecule has 2 aliphatic rings. The molecule has 1 unspecified atom stereocenters. The average molecular weight is 398 g/mol. The number of benzene rings is 1. The van der Waals surface area contributed by atoms with Gasteiger partial charge in [-0.05, 0) is 12.1 Å². The Morgan fingerprint density at radius 2 is 1.97 bits per heavy atom. The summed E-state index contributed by atoms with van der Waals surface area (Å²) in [6.07, 6.45) is 0.239. The number of H-pyrrole nitrogens is 1. The molecule has 0 aliphatic carbocycles. The molecule has 154 valence electrons. The van der Waals surface area contributed by atoms with Crippen LogP contribution >= 0.6 is 0 Å². The summed E-state index contributed by atoms with van der Waals surface area (Å²) >= 11 is 0. The van der Waals surface area contributed by atoms with Crippen LogP contribution in [0.25, 0.3) is 10.9 Å². The number of aromatic amines is 1. The standard InChI is InChI=1S/C21H26N4O4/c26-19-12-16(23-18-4-2-1-3-17(18)19)13-22-21(28)15-11-20(27)25(14-15)6-5-24-7-9-29-10-8-24/h1-4,12,15H,5-11,13-14H2,(H,22,28)(H,23,26). The Balaban J connectivity index is 1.30. The first-order valence-corrected chi connectivity index (χ1v) is 10.1. The van der Waals surface area contributed by atoms with Gasteiger partial charge in [0, 0.05) is 61.8 Å². The highest BCUT2D eigenvalue weighted by molar-refractivity contribution is 5.89. The number of aromatic nitrogens is 1. The maximum Gasteiger partial charge on any atom is 0.225 e. The van der Waals surface area contributed by atoms with E-state index in [1.807, 2.05) is 18.2 Å². The van der Waals surface area contributed by atoms with Gasteiger partial charge in [-0.25, -0.2) is 0 Å². The number of carbonyl (C=O) groups excluding carboxylic acids is 2. The van der Waals surface area contributed by atoms with E-state index in [4.69, 9.17) is 4.74 Å². The Hall–Kier alpha value is -2.71. The van der Waals surface area contributed by atoms with Gasteiger partial charge in [0.05, 0.1) is 25.7 Å². The minimum absolute atomic E-state index is 0.0255. The third kappa shape index (κ3) is 4.65. The van der Waals surface area contributed by atoms with Crippen LogP contribution in [0.5, 0.6) is 0 Å². The second-order valence-corrected chi connectivity index (χ2v) is 7.62. The topological polar surface area (TPSA) is 94.7 Å². The molecule has 2 saturated heterocycles. The summed E-state index contributed by atoms with van der Waals surface area (Å²) in [5.41, 5.74) is 1.32. The van der Waals surface area contributed by atoms with E-state index in [9.17, 15) is 14.4 Å². The van der Waals surface area contributed by atoms with Crippen molar-refractivity contribution < 1.29 is 14.3 Å². The molecule has 8 nitrogen and oxygen atoms in total. The minimum Gasteiger partial charge on any atom is -0.379 e. The van der Waals surface area contributed by atoms with Crippen LogP contribution in [0.4, 0.5) is 0 Å². The zero-order chi connectivity index (χ0) is 20.2. The zero-order valence-electron chi connectivity index (χ0n) is 16.4. The Bertz CT molecular complexity index is 951. The van der Waals surface area contributed by atoms with Crippen LogP contribution in [0.1, 0.15) is 12.1 Å². The highest BCUT2D eigenvalue weighted by Crippen LogP contribution is 2.18. The van der Waals surface area contributed by atoms with Gasteiger partial charge >= 0.3 is 0 Å². The fraction of sp³-hybridized carbons (Fsp3) is 0.476. The quantitative estimate of drug-likeness (QED) is 0.731. The molecule has 1 aromatic carbocycles. The third-order valence-corrected chi connectivity index (χ3v) is 5.62. The number of carbonyl (C=O) groups is 2. The van der Waals surface area contributed by atoms with E-state index in [2.05, 4.69) is 15.2 Å². The summed E-state index contributed by atoms with van der Waals surface area (Å²) in [4.78, 5) is 44.3. The molecular weight excluding hydrogens is 372 g/mol. The molecular formula is C21H26N4O4. The van der Waals surface area contributed by atoms with Crippen molar-refractivity contribution in [2.75, 3.05) is 45.9 Å². The second kappa shape index (κ2) is 8.75. The summed E-state index contributed by atoms with van der Waals surface area (Å²) in [5.74, 6) is -0.474. The molecule has 8 heteroatoms. The van der Waals surface area contributed by atoms with Gasteiger partial charge in [-0.15, -0.1) is 0 Å². The van der Waals surface area contributed by atoms with E-state index in [0.717, 1.165) is 38.4 Å². The smallest absolute Gasteiger partial charge is 0.225 e. The fourth-order valence-electron chi connectivity index (χ4n) is 3.92. The van der Waals surface area contributed by atoms with E-state index in [-0.39, 0.29) is 36.1 Å². The van der Waals surface area contributed by atoms with Crippen LogP contribution < -0.4 is 10.7 Å². The van der Waals surface area contributed by atoms with Gasteiger partial charge in [-0.3, -0.25) is 19.3 Å². The number of fused-ring (bicyclic) bond motifs is 1. The highest BCUT2D eigenvalue weighted by Gasteiger charge is 2.34. The number of pyridine rings is 1. The number of hydrogen-bond acceptors (Lipinski definition) is 5. The van der Waals surface area contributed by atoms with E-state index in [1.54, 1.807) is 11.0 Å². The summed E-state index contributed by atoms with van der Waals surface area (Å²) < 4.78 is 5.34. The maximum atomic E-state index is 12.6. The molecule has 3 heterocycles. The molecule has 1 atom stereocenters. The first-order chi connectivity index (χ1) is 14.1. The molecule has 29 heavy (non-hydrogen) atoms. The molecule has 2 amide bonds. The number of rotatable bonds is 6. The van der Waals surface area contributed by atoms with Crippen molar-refractivity contribution in [3.63, 3.8) is 0 Å². The number of amides is 2. The Labute approximate surface area is 168 Å². The van der Waals surface area contributed by atoms with E-state index >= 15 is 0 Å². The summed E-state index contributed by atoms with van der Waals surface area (Å²) in [7, 11) is 0. The monoisotopic (exact) mass is 398 g/mol. The van der Waals surface area contributed by atoms with Crippen LogP contribution in [0.3, 0.4) is 0 Å². The number of morpholine rings is 1. The van der Waals surface area contributed by atoms with E-state index < -0.39 is 0 Å². The van der Waals surface area contributed by atoms with Gasteiger partial charge < -0.3 is 19.9 Å². The number of nitrogens with one attached hydrogen (secondary N) is 2. The highest BCUT2D eigenvalue weighted by atomic mass is 16.5. The first kappa shape index (κ1) is 19.6. The van der Waals surface area contributed by atoms with Crippen molar-refractivity contribution in [1.29, 1.82) is 0 Å². The van der Waals surface area contributed by atoms with Crippen molar-refractivity contribution in [3.8, 4) is 0 Å². The normalized spacial score (nSPS) is 20.3. The van der Waals surface area contributed by atoms with Crippen molar-refractivity contribution in [3.05, 3.63) is 46.2 Å². The summed E-state index contributed by atoms with van der Waals surface area (Å²) in [5, 5.41) is 3.49. The lowest BCUT2D eigenvalue weighted by molar-refractivity contribution is -0.129. The first-order valence-electron chi connectivity index (χ1n) is 10.1. The maximum absolute atomic E-state index is 12.6. The van der Waals surface area contributed by atoms with Gasteiger partial charge in [0.25, 0.3) is 0 Å². The predicted molar refractivity (Wildman–Crippen MR) is 108 cm³/mol. The molecule has 0 spiro atoms. The van der Waals surface area contributed by atoms with Crippen LogP contribution in [-0.4, -0.2) is 72.5 Å². The number of nitrogens with zero attached hydrogens (tertiary/aromatic N) is 2. The fourth-order valence-corrected chi connectivity index (χ4v) is 3.92. The number of ether oxygens (including phenoxy) is 1.